The topological polar surface area (TPSA) is 228 Å². The Morgan fingerprint density at radius 2 is 1.80 bits per heavy atom. The number of nitrogens with one attached hydrogen (secondary N) is 2. The maximum Gasteiger partial charge on any atom is 0.412 e. The number of hydrogen-bond donors (Lipinski definition) is 4. The summed E-state index contributed by atoms with van der Waals surface area (Å²) < 4.78 is 38.2. The van der Waals surface area contributed by atoms with Crippen LogP contribution in [0.4, 0.5) is 15.3 Å². The molecule has 5 N–H and O–H groups in total. The quantitative estimate of drug-likeness (QED) is 0.0952. The maximum atomic E-state index is 14.3. The number of nitrogens with zero attached hydrogens (tertiary/aromatic N) is 4. The van der Waals surface area contributed by atoms with E-state index in [0.717, 1.165) is 5.56 Å². The monoisotopic (exact) mass is 900 g/mol. The second-order valence-corrected chi connectivity index (χ2v) is 19.5. The Morgan fingerprint density at radius 3 is 2.47 bits per heavy atom. The van der Waals surface area contributed by atoms with Gasteiger partial charge in [-0.3, -0.25) is 24.5 Å². The van der Waals surface area contributed by atoms with Crippen molar-refractivity contribution >= 4 is 29.6 Å². The van der Waals surface area contributed by atoms with Gasteiger partial charge in [-0.2, -0.15) is 0 Å². The third-order valence-corrected chi connectivity index (χ3v) is 12.8. The van der Waals surface area contributed by atoms with E-state index in [1.54, 1.807) is 63.4 Å². The summed E-state index contributed by atoms with van der Waals surface area (Å²) in [7, 11) is 1.56. The van der Waals surface area contributed by atoms with Gasteiger partial charge in [0.15, 0.2) is 17.7 Å². The molecule has 18 nitrogen and oxygen atoms in total. The molecule has 2 unspecified atom stereocenters. The number of aliphatic hydroxyl groups excluding tert-OH is 1. The highest BCUT2D eigenvalue weighted by Crippen LogP contribution is 2.40. The second kappa shape index (κ2) is 21.0. The molecule has 3 aliphatic heterocycles. The van der Waals surface area contributed by atoms with Gasteiger partial charge in [-0.25, -0.2) is 9.59 Å². The zero-order valence-corrected chi connectivity index (χ0v) is 39.8. The van der Waals surface area contributed by atoms with E-state index in [1.165, 1.54) is 6.92 Å². The maximum absolute atomic E-state index is 14.3. The van der Waals surface area contributed by atoms with E-state index >= 15 is 0 Å². The first kappa shape index (κ1) is 50.8. The average Bonchev–Trinajstić information content (AvgIpc) is 3.80. The molecule has 0 saturated carbocycles. The first-order valence-corrected chi connectivity index (χ1v) is 22.8. The Kier molecular flexibility index (Phi) is 16.6. The van der Waals surface area contributed by atoms with Crippen molar-refractivity contribution in [3.63, 3.8) is 0 Å². The van der Waals surface area contributed by atoms with E-state index in [2.05, 4.69) is 27.9 Å². The van der Waals surface area contributed by atoms with Crippen LogP contribution in [0.3, 0.4) is 0 Å². The smallest absolute Gasteiger partial charge is 0.412 e. The minimum absolute atomic E-state index is 0.0457. The zero-order valence-electron chi connectivity index (χ0n) is 39.8. The normalized spacial score (nSPS) is 34.6. The van der Waals surface area contributed by atoms with Gasteiger partial charge in [-0.05, 0) is 112 Å². The van der Waals surface area contributed by atoms with Crippen molar-refractivity contribution in [3.05, 3.63) is 30.5 Å². The molecular weight excluding hydrogens is 827 g/mol. The molecule has 3 fully saturated rings. The van der Waals surface area contributed by atoms with Crippen LogP contribution in [-0.2, 0) is 44.6 Å². The van der Waals surface area contributed by atoms with Crippen LogP contribution in [0.1, 0.15) is 108 Å². The van der Waals surface area contributed by atoms with Gasteiger partial charge in [0.05, 0.1) is 30.0 Å². The Labute approximate surface area is 377 Å². The lowest BCUT2D eigenvalue weighted by atomic mass is 9.78. The Bertz CT molecular complexity index is 1930. The van der Waals surface area contributed by atoms with Crippen LogP contribution in [0.25, 0.3) is 11.3 Å². The molecule has 18 heteroatoms. The number of aromatic nitrogens is 3. The summed E-state index contributed by atoms with van der Waals surface area (Å²) in [5.74, 6) is -3.33. The third-order valence-electron chi connectivity index (χ3n) is 12.8. The molecule has 4 heterocycles. The highest BCUT2D eigenvalue weighted by molar-refractivity contribution is 6.00. The zero-order chi connectivity index (χ0) is 47.3. The minimum Gasteiger partial charge on any atom is -0.458 e. The van der Waals surface area contributed by atoms with Crippen molar-refractivity contribution in [2.24, 2.45) is 23.5 Å². The van der Waals surface area contributed by atoms with Gasteiger partial charge in [0, 0.05) is 49.5 Å². The number of aryl methyl sites for hydroxylation is 1. The summed E-state index contributed by atoms with van der Waals surface area (Å²) in [5, 5.41) is 26.1. The summed E-state index contributed by atoms with van der Waals surface area (Å²) in [4.78, 5) is 56.2. The third kappa shape index (κ3) is 12.0. The fourth-order valence-corrected chi connectivity index (χ4v) is 9.48. The van der Waals surface area contributed by atoms with Gasteiger partial charge in [-0.15, -0.1) is 5.10 Å². The number of anilines is 1. The van der Waals surface area contributed by atoms with E-state index in [4.69, 9.17) is 34.2 Å². The second-order valence-electron chi connectivity index (χ2n) is 19.5. The van der Waals surface area contributed by atoms with Crippen molar-refractivity contribution in [2.75, 3.05) is 25.5 Å². The van der Waals surface area contributed by atoms with Crippen LogP contribution in [0.5, 0.6) is 0 Å². The molecule has 0 bridgehead atoms. The summed E-state index contributed by atoms with van der Waals surface area (Å²) in [6.45, 7) is 21.4. The first-order valence-electron chi connectivity index (χ1n) is 22.8. The molecule has 2 aromatic rings. The Morgan fingerprint density at radius 1 is 1.09 bits per heavy atom. The van der Waals surface area contributed by atoms with Gasteiger partial charge >= 0.3 is 18.2 Å². The van der Waals surface area contributed by atoms with Gasteiger partial charge in [-0.1, -0.05) is 38.1 Å². The number of Topliss-reactive ketones (excluding diaryl/α,β-unsaturated/α-hetero) is 1. The number of aliphatic hydroxyl groups is 1. The molecule has 13 atom stereocenters. The number of ether oxygens (including phenoxy) is 6. The van der Waals surface area contributed by atoms with Crippen LogP contribution in [0.15, 0.2) is 30.5 Å². The predicted octanol–water partition coefficient (Wildman–Crippen LogP) is 5.45. The van der Waals surface area contributed by atoms with Gasteiger partial charge in [0.1, 0.15) is 29.4 Å². The van der Waals surface area contributed by atoms with Crippen molar-refractivity contribution in [2.45, 2.75) is 180 Å². The molecule has 0 spiro atoms. The van der Waals surface area contributed by atoms with Crippen LogP contribution >= 0.6 is 0 Å². The fourth-order valence-electron chi connectivity index (χ4n) is 9.48. The summed E-state index contributed by atoms with van der Waals surface area (Å²) in [6, 6.07) is 5.79. The van der Waals surface area contributed by atoms with Crippen LogP contribution < -0.4 is 16.4 Å². The lowest BCUT2D eigenvalue weighted by Crippen LogP contribution is -2.61. The number of carbonyl (C=O) groups is 4. The molecule has 3 aliphatic rings. The minimum atomic E-state index is -1.27. The fraction of sp³-hybridized carbons (Fsp3) is 0.739. The van der Waals surface area contributed by atoms with Crippen LogP contribution in [-0.4, -0.2) is 135 Å². The number of carbonyl (C=O) groups excluding carboxylic acids is 4. The number of esters is 1. The molecule has 3 saturated heterocycles. The highest BCUT2D eigenvalue weighted by atomic mass is 16.7. The van der Waals surface area contributed by atoms with Gasteiger partial charge in [0.2, 0.25) is 0 Å². The molecule has 0 radical (unpaired) electrons. The van der Waals surface area contributed by atoms with Crippen molar-refractivity contribution in [1.82, 2.24) is 25.2 Å². The molecule has 2 amide bonds. The van der Waals surface area contributed by atoms with E-state index in [9.17, 15) is 24.3 Å². The molecule has 64 heavy (non-hydrogen) atoms. The number of benzene rings is 1. The summed E-state index contributed by atoms with van der Waals surface area (Å²) >= 11 is 0. The van der Waals surface area contributed by atoms with Crippen molar-refractivity contribution in [3.8, 4) is 11.3 Å². The van der Waals surface area contributed by atoms with E-state index in [0.29, 0.717) is 63.1 Å². The number of cyclic esters (lactones) is 1. The number of methoxy groups -OCH3 is 1. The predicted molar refractivity (Wildman–Crippen MR) is 238 cm³/mol. The van der Waals surface area contributed by atoms with Crippen molar-refractivity contribution in [1.29, 1.82) is 0 Å². The lowest BCUT2D eigenvalue weighted by Gasteiger charge is -2.45. The number of ketones is 1. The number of fused-ring (bicyclic) bond motifs is 1. The largest absolute Gasteiger partial charge is 0.458 e. The lowest BCUT2D eigenvalue weighted by molar-refractivity contribution is -0.288. The van der Waals surface area contributed by atoms with Crippen LogP contribution in [0, 0.1) is 17.8 Å². The van der Waals surface area contributed by atoms with E-state index in [-0.39, 0.29) is 18.1 Å². The highest BCUT2D eigenvalue weighted by Gasteiger charge is 2.58. The SMILES string of the molecule is CC[C@H]1OC(=O)[C@H](C)C(=O)[C@H](C)[C@@H](O[C@@H]2O[C@H](C)CC(N)C2O)[C@](C)(OC)C[C@@H](C)CN[C@H](C)[C@H]2N(CCCCn3cc(-c4cccc(NC(=O)OC(C)(C)C)c4)nn3)C(=O)O[C@]12C. The molecule has 5 rings (SSSR count). The molecular formula is C46H73N7O11. The number of nitrogens with two attached hydrogens (primary N) is 1. The summed E-state index contributed by atoms with van der Waals surface area (Å²) in [5.41, 5.74) is 5.24. The van der Waals surface area contributed by atoms with E-state index < -0.39 is 89.3 Å². The average molecular weight is 900 g/mol. The Balaban J connectivity index is 1.32. The van der Waals surface area contributed by atoms with E-state index in [1.807, 2.05) is 46.0 Å². The molecule has 1 aromatic carbocycles. The number of hydrogen-bond acceptors (Lipinski definition) is 15. The first-order chi connectivity index (χ1) is 30.0. The Hall–Kier alpha value is -4.20. The number of amides is 2. The number of rotatable bonds is 11. The molecule has 0 aliphatic carbocycles. The van der Waals surface area contributed by atoms with Crippen LogP contribution in [0.2, 0.25) is 0 Å². The van der Waals surface area contributed by atoms with Gasteiger partial charge in [0.25, 0.3) is 0 Å². The summed E-state index contributed by atoms with van der Waals surface area (Å²) in [6.07, 6.45) is -1.18. The van der Waals surface area contributed by atoms with Crippen molar-refractivity contribution < 1.29 is 52.7 Å². The molecule has 358 valence electrons. The van der Waals surface area contributed by atoms with Gasteiger partial charge < -0.3 is 44.6 Å². The number of unbranched alkanes of at least 4 members (excludes halogenated alkanes) is 1. The standard InChI is InChI=1S/C46H73N7O11/c1-13-35-46(11)38(53(43(58)64-46)20-15-14-19-52-25-34(50-51-52)31-17-16-18-32(22-31)49-42(57)63-44(7,8)9)30(6)48-24-26(2)23-45(10,59-12)39(28(4)36(54)29(5)40(56)61-35)62-41-37(55)33(47)21-27(3)60-41/h16-18,22,25-30,33,35,37-39,41,48,55H,13-15,19-21,23-24,47H2,1-12H3,(H,49,57)/t26-,27-,28+,29-,30-,33?,35-,37?,38-,39-,41+,45-,46-/m1/s1. The molecule has 1 aromatic heterocycles.